The van der Waals surface area contributed by atoms with Gasteiger partial charge in [-0.1, -0.05) is 12.8 Å². The molecule has 0 radical (unpaired) electrons. The molecule has 0 saturated heterocycles. The van der Waals surface area contributed by atoms with Crippen LogP contribution in [0.15, 0.2) is 6.20 Å². The summed E-state index contributed by atoms with van der Waals surface area (Å²) in [4.78, 5) is 4.51. The third kappa shape index (κ3) is 4.80. The summed E-state index contributed by atoms with van der Waals surface area (Å²) in [5, 5.41) is 3.37. The smallest absolute Gasteiger partial charge is 0.203 e. The number of nitrogens with zero attached hydrogens (tertiary/aromatic N) is 2. The predicted octanol–water partition coefficient (Wildman–Crippen LogP) is 2.60. The van der Waals surface area contributed by atoms with Gasteiger partial charge in [-0.25, -0.2) is 4.98 Å². The molecule has 1 fully saturated rings. The van der Waals surface area contributed by atoms with Crippen LogP contribution in [0, 0.1) is 6.92 Å². The molecule has 1 aliphatic rings. The average Bonchev–Trinajstić information content (AvgIpc) is 3.05. The van der Waals surface area contributed by atoms with Gasteiger partial charge in [-0.2, -0.15) is 0 Å². The van der Waals surface area contributed by atoms with E-state index in [0.29, 0.717) is 6.10 Å². The number of ether oxygens (including phenoxy) is 2. The second-order valence-corrected chi connectivity index (χ2v) is 5.45. The largest absolute Gasteiger partial charge is 0.385 e. The number of rotatable bonds is 9. The molecule has 1 aromatic rings. The lowest BCUT2D eigenvalue weighted by Crippen LogP contribution is -2.17. The Bertz CT molecular complexity index is 386. The molecule has 0 bridgehead atoms. The molecular formula is C15H27N3O2. The van der Waals surface area contributed by atoms with Crippen molar-refractivity contribution in [1.82, 2.24) is 9.55 Å². The van der Waals surface area contributed by atoms with E-state index in [2.05, 4.69) is 21.1 Å². The molecule has 0 atom stereocenters. The van der Waals surface area contributed by atoms with Crippen molar-refractivity contribution in [3.05, 3.63) is 11.9 Å². The van der Waals surface area contributed by atoms with Gasteiger partial charge >= 0.3 is 0 Å². The van der Waals surface area contributed by atoms with E-state index in [4.69, 9.17) is 9.47 Å². The summed E-state index contributed by atoms with van der Waals surface area (Å²) in [6, 6.07) is 0. The van der Waals surface area contributed by atoms with Crippen LogP contribution in [0.3, 0.4) is 0 Å². The van der Waals surface area contributed by atoms with Crippen LogP contribution in [0.4, 0.5) is 5.95 Å². The third-order valence-electron chi connectivity index (χ3n) is 3.69. The molecule has 0 unspecified atom stereocenters. The van der Waals surface area contributed by atoms with Gasteiger partial charge in [-0.05, 0) is 26.2 Å². The lowest BCUT2D eigenvalue weighted by atomic mass is 10.3. The number of aryl methyl sites for hydroxylation is 2. The molecule has 1 saturated carbocycles. The van der Waals surface area contributed by atoms with Gasteiger partial charge in [-0.3, -0.25) is 0 Å². The van der Waals surface area contributed by atoms with Crippen molar-refractivity contribution < 1.29 is 9.47 Å². The molecule has 1 heterocycles. The van der Waals surface area contributed by atoms with Crippen molar-refractivity contribution in [2.45, 2.75) is 51.7 Å². The van der Waals surface area contributed by atoms with Crippen LogP contribution in [0.1, 0.15) is 37.8 Å². The first-order chi connectivity index (χ1) is 9.79. The van der Waals surface area contributed by atoms with Crippen LogP contribution in [-0.4, -0.2) is 42.5 Å². The number of hydrogen-bond donors (Lipinski definition) is 1. The number of imidazole rings is 1. The molecule has 1 aliphatic carbocycles. The van der Waals surface area contributed by atoms with E-state index in [1.165, 1.54) is 25.7 Å². The summed E-state index contributed by atoms with van der Waals surface area (Å²) in [5.41, 5.74) is 1.04. The molecule has 0 aromatic carbocycles. The van der Waals surface area contributed by atoms with Crippen molar-refractivity contribution in [2.75, 3.05) is 32.2 Å². The Labute approximate surface area is 121 Å². The number of hydrogen-bond acceptors (Lipinski definition) is 4. The summed E-state index contributed by atoms with van der Waals surface area (Å²) < 4.78 is 13.1. The molecule has 0 amide bonds. The Balaban J connectivity index is 1.70. The average molecular weight is 281 g/mol. The summed E-state index contributed by atoms with van der Waals surface area (Å²) in [7, 11) is 1.73. The van der Waals surface area contributed by atoms with Crippen LogP contribution >= 0.6 is 0 Å². The van der Waals surface area contributed by atoms with Gasteiger partial charge in [0.2, 0.25) is 5.95 Å². The Kier molecular flexibility index (Phi) is 6.33. The minimum atomic E-state index is 0.486. The highest BCUT2D eigenvalue weighted by atomic mass is 16.5. The number of methoxy groups -OCH3 is 1. The normalized spacial score (nSPS) is 15.9. The maximum absolute atomic E-state index is 5.85. The summed E-state index contributed by atoms with van der Waals surface area (Å²) in [6.07, 6.45) is 8.66. The van der Waals surface area contributed by atoms with Crippen LogP contribution < -0.4 is 5.32 Å². The number of nitrogens with one attached hydrogen (secondary N) is 1. The topological polar surface area (TPSA) is 48.3 Å². The molecule has 20 heavy (non-hydrogen) atoms. The summed E-state index contributed by atoms with van der Waals surface area (Å²) in [5.74, 6) is 0.939. The van der Waals surface area contributed by atoms with E-state index in [1.54, 1.807) is 7.11 Å². The standard InChI is InChI=1S/C15H27N3O2/c1-13-12-18(9-5-10-19-2)15(17-13)16-8-11-20-14-6-3-4-7-14/h12,14H,3-11H2,1-2H3,(H,16,17). The second-order valence-electron chi connectivity index (χ2n) is 5.45. The molecule has 114 valence electrons. The second kappa shape index (κ2) is 8.27. The first-order valence-corrected chi connectivity index (χ1v) is 7.68. The lowest BCUT2D eigenvalue weighted by molar-refractivity contribution is 0.0658. The van der Waals surface area contributed by atoms with Crippen molar-refractivity contribution in [3.63, 3.8) is 0 Å². The molecule has 2 rings (SSSR count). The fourth-order valence-corrected chi connectivity index (χ4v) is 2.68. The van der Waals surface area contributed by atoms with Crippen LogP contribution in [0.25, 0.3) is 0 Å². The minimum Gasteiger partial charge on any atom is -0.385 e. The minimum absolute atomic E-state index is 0.486. The monoisotopic (exact) mass is 281 g/mol. The fourth-order valence-electron chi connectivity index (χ4n) is 2.68. The molecular weight excluding hydrogens is 254 g/mol. The molecule has 1 aromatic heterocycles. The Morgan fingerprint density at radius 3 is 2.90 bits per heavy atom. The van der Waals surface area contributed by atoms with Crippen LogP contribution in [-0.2, 0) is 16.0 Å². The fraction of sp³-hybridized carbons (Fsp3) is 0.800. The van der Waals surface area contributed by atoms with E-state index in [1.807, 2.05) is 6.92 Å². The number of anilines is 1. The van der Waals surface area contributed by atoms with Gasteiger partial charge in [0.05, 0.1) is 18.4 Å². The highest BCUT2D eigenvalue weighted by Gasteiger charge is 2.14. The highest BCUT2D eigenvalue weighted by molar-refractivity contribution is 5.28. The lowest BCUT2D eigenvalue weighted by Gasteiger charge is -2.12. The first-order valence-electron chi connectivity index (χ1n) is 7.68. The van der Waals surface area contributed by atoms with Crippen molar-refractivity contribution in [3.8, 4) is 0 Å². The molecule has 5 nitrogen and oxygen atoms in total. The van der Waals surface area contributed by atoms with E-state index >= 15 is 0 Å². The SMILES string of the molecule is COCCCn1cc(C)nc1NCCOC1CCCC1. The van der Waals surface area contributed by atoms with Gasteiger partial charge in [0.25, 0.3) is 0 Å². The van der Waals surface area contributed by atoms with E-state index < -0.39 is 0 Å². The van der Waals surface area contributed by atoms with Crippen molar-refractivity contribution in [2.24, 2.45) is 0 Å². The maximum Gasteiger partial charge on any atom is 0.203 e. The quantitative estimate of drug-likeness (QED) is 0.707. The summed E-state index contributed by atoms with van der Waals surface area (Å²) in [6.45, 7) is 5.31. The van der Waals surface area contributed by atoms with Gasteiger partial charge in [-0.15, -0.1) is 0 Å². The first kappa shape index (κ1) is 15.3. The Hall–Kier alpha value is -1.07. The van der Waals surface area contributed by atoms with E-state index in [-0.39, 0.29) is 0 Å². The van der Waals surface area contributed by atoms with E-state index in [9.17, 15) is 0 Å². The number of aromatic nitrogens is 2. The van der Waals surface area contributed by atoms with Crippen molar-refractivity contribution in [1.29, 1.82) is 0 Å². The predicted molar refractivity (Wildman–Crippen MR) is 80.2 cm³/mol. The van der Waals surface area contributed by atoms with Crippen LogP contribution in [0.2, 0.25) is 0 Å². The molecule has 5 heteroatoms. The zero-order valence-corrected chi connectivity index (χ0v) is 12.7. The maximum atomic E-state index is 5.85. The molecule has 0 aliphatic heterocycles. The molecule has 0 spiro atoms. The van der Waals surface area contributed by atoms with Crippen molar-refractivity contribution >= 4 is 5.95 Å². The molecule has 1 N–H and O–H groups in total. The van der Waals surface area contributed by atoms with Gasteiger partial charge in [0.1, 0.15) is 0 Å². The van der Waals surface area contributed by atoms with Gasteiger partial charge in [0.15, 0.2) is 0 Å². The zero-order chi connectivity index (χ0) is 14.2. The van der Waals surface area contributed by atoms with E-state index in [0.717, 1.165) is 44.4 Å². The Morgan fingerprint density at radius 2 is 2.15 bits per heavy atom. The third-order valence-corrected chi connectivity index (χ3v) is 3.69. The summed E-state index contributed by atoms with van der Waals surface area (Å²) >= 11 is 0. The Morgan fingerprint density at radius 1 is 1.35 bits per heavy atom. The van der Waals surface area contributed by atoms with Gasteiger partial charge < -0.3 is 19.4 Å². The van der Waals surface area contributed by atoms with Gasteiger partial charge in [0, 0.05) is 33.0 Å². The zero-order valence-electron chi connectivity index (χ0n) is 12.7. The highest BCUT2D eigenvalue weighted by Crippen LogP contribution is 2.20. The van der Waals surface area contributed by atoms with Crippen LogP contribution in [0.5, 0.6) is 0 Å².